The molecule has 0 bridgehead atoms. The van der Waals surface area contributed by atoms with Crippen LogP contribution >= 0.6 is 0 Å². The molecule has 0 amide bonds. The van der Waals surface area contributed by atoms with Gasteiger partial charge in [-0.2, -0.15) is 0 Å². The number of nitrogens with two attached hydrogens (primary N) is 1. The fraction of sp³-hybridized carbons (Fsp3) is 0.875. The summed E-state index contributed by atoms with van der Waals surface area (Å²) < 4.78 is 5.37. The Balaban J connectivity index is 2.52. The Morgan fingerprint density at radius 3 is 2.83 bits per heavy atom. The molecule has 1 rings (SSSR count). The molecule has 70 valence electrons. The highest BCUT2D eigenvalue weighted by molar-refractivity contribution is 5.80. The fourth-order valence-corrected chi connectivity index (χ4v) is 1.20. The van der Waals surface area contributed by atoms with Crippen molar-refractivity contribution < 1.29 is 4.74 Å². The Hall–Kier alpha value is -0.770. The van der Waals surface area contributed by atoms with Crippen LogP contribution in [0.2, 0.25) is 0 Å². The van der Waals surface area contributed by atoms with Crippen LogP contribution in [-0.2, 0) is 4.74 Å². The largest absolute Gasteiger partial charge is 0.379 e. The zero-order valence-corrected chi connectivity index (χ0v) is 8.00. The maximum Gasteiger partial charge on any atom is 0.191 e. The quantitative estimate of drug-likeness (QED) is 0.652. The van der Waals surface area contributed by atoms with Crippen LogP contribution in [0.15, 0.2) is 4.99 Å². The van der Waals surface area contributed by atoms with Crippen molar-refractivity contribution >= 4 is 5.96 Å². The normalized spacial score (nSPS) is 29.2. The minimum atomic E-state index is -0.0416. The Bertz CT molecular complexity index is 193. The zero-order chi connectivity index (χ0) is 9.19. The molecule has 0 aromatic heterocycles. The Kier molecular flexibility index (Phi) is 2.57. The third kappa shape index (κ3) is 1.53. The summed E-state index contributed by atoms with van der Waals surface area (Å²) in [5.74, 6) is 0.609. The molecule has 0 saturated heterocycles. The zero-order valence-electron chi connectivity index (χ0n) is 8.00. The average molecular weight is 171 g/mol. The van der Waals surface area contributed by atoms with Crippen molar-refractivity contribution in [2.75, 3.05) is 26.8 Å². The van der Waals surface area contributed by atoms with E-state index >= 15 is 0 Å². The molecule has 4 heteroatoms. The van der Waals surface area contributed by atoms with Gasteiger partial charge in [-0.25, -0.2) is 0 Å². The van der Waals surface area contributed by atoms with Crippen LogP contribution in [0, 0.1) is 0 Å². The second kappa shape index (κ2) is 3.31. The minimum absolute atomic E-state index is 0.0416. The van der Waals surface area contributed by atoms with Crippen LogP contribution in [0.3, 0.4) is 0 Å². The molecule has 12 heavy (non-hydrogen) atoms. The molecule has 1 heterocycles. The summed E-state index contributed by atoms with van der Waals surface area (Å²) >= 11 is 0. The minimum Gasteiger partial charge on any atom is -0.379 e. The van der Waals surface area contributed by atoms with Crippen molar-refractivity contribution in [3.05, 3.63) is 0 Å². The van der Waals surface area contributed by atoms with E-state index in [-0.39, 0.29) is 5.54 Å². The molecule has 4 nitrogen and oxygen atoms in total. The molecule has 0 aromatic rings. The van der Waals surface area contributed by atoms with Crippen molar-refractivity contribution in [1.82, 2.24) is 4.90 Å². The Labute approximate surface area is 73.4 Å². The van der Waals surface area contributed by atoms with E-state index in [4.69, 9.17) is 10.5 Å². The van der Waals surface area contributed by atoms with Crippen LogP contribution in [0.25, 0.3) is 0 Å². The van der Waals surface area contributed by atoms with Gasteiger partial charge < -0.3 is 15.4 Å². The van der Waals surface area contributed by atoms with E-state index in [1.165, 1.54) is 0 Å². The highest BCUT2D eigenvalue weighted by Crippen LogP contribution is 2.19. The van der Waals surface area contributed by atoms with Crippen molar-refractivity contribution in [3.8, 4) is 0 Å². The Morgan fingerprint density at radius 2 is 2.42 bits per heavy atom. The monoisotopic (exact) mass is 171 g/mol. The average Bonchev–Trinajstić information content (AvgIpc) is 2.31. The fourth-order valence-electron chi connectivity index (χ4n) is 1.20. The maximum absolute atomic E-state index is 5.65. The van der Waals surface area contributed by atoms with Crippen LogP contribution in [0.1, 0.15) is 13.8 Å². The van der Waals surface area contributed by atoms with Gasteiger partial charge in [0.1, 0.15) is 0 Å². The Morgan fingerprint density at radius 1 is 1.75 bits per heavy atom. The van der Waals surface area contributed by atoms with Gasteiger partial charge in [0.2, 0.25) is 0 Å². The van der Waals surface area contributed by atoms with Gasteiger partial charge in [-0.05, 0) is 13.8 Å². The van der Waals surface area contributed by atoms with Gasteiger partial charge in [0, 0.05) is 13.7 Å². The number of guanidine groups is 1. The van der Waals surface area contributed by atoms with Gasteiger partial charge in [0.15, 0.2) is 5.96 Å². The number of aliphatic imine (C=N–C) groups is 1. The van der Waals surface area contributed by atoms with Gasteiger partial charge in [0.25, 0.3) is 0 Å². The first-order valence-corrected chi connectivity index (χ1v) is 4.21. The van der Waals surface area contributed by atoms with E-state index in [0.29, 0.717) is 12.6 Å². The number of hydrogen-bond donors (Lipinski definition) is 1. The molecular weight excluding hydrogens is 154 g/mol. The summed E-state index contributed by atoms with van der Waals surface area (Å²) in [5.41, 5.74) is 5.60. The van der Waals surface area contributed by atoms with Crippen LogP contribution in [0.4, 0.5) is 0 Å². The molecule has 0 radical (unpaired) electrons. The van der Waals surface area contributed by atoms with Gasteiger partial charge >= 0.3 is 0 Å². The van der Waals surface area contributed by atoms with Gasteiger partial charge in [-0.15, -0.1) is 0 Å². The summed E-state index contributed by atoms with van der Waals surface area (Å²) in [4.78, 5) is 6.14. The van der Waals surface area contributed by atoms with Crippen molar-refractivity contribution in [1.29, 1.82) is 0 Å². The van der Waals surface area contributed by atoms with E-state index in [1.54, 1.807) is 0 Å². The SMILES string of the molecule is CCOCC1(C)CN=C(N)N1C. The van der Waals surface area contributed by atoms with E-state index in [0.717, 1.165) is 13.2 Å². The lowest BCUT2D eigenvalue weighted by Crippen LogP contribution is -2.50. The first-order valence-electron chi connectivity index (χ1n) is 4.21. The van der Waals surface area contributed by atoms with Gasteiger partial charge in [0.05, 0.1) is 18.7 Å². The van der Waals surface area contributed by atoms with E-state index in [1.807, 2.05) is 18.9 Å². The summed E-state index contributed by atoms with van der Waals surface area (Å²) in [5, 5.41) is 0. The van der Waals surface area contributed by atoms with E-state index in [9.17, 15) is 0 Å². The molecule has 1 aliphatic heterocycles. The number of likely N-dealkylation sites (N-methyl/N-ethyl adjacent to an activating group) is 1. The molecule has 0 fully saturated rings. The first kappa shape index (κ1) is 9.32. The molecule has 0 aliphatic carbocycles. The number of nitrogens with zero attached hydrogens (tertiary/aromatic N) is 2. The first-order chi connectivity index (χ1) is 5.60. The predicted molar refractivity (Wildman–Crippen MR) is 49.2 cm³/mol. The lowest BCUT2D eigenvalue weighted by atomic mass is 10.0. The van der Waals surface area contributed by atoms with Crippen molar-refractivity contribution in [2.45, 2.75) is 19.4 Å². The summed E-state index contributed by atoms with van der Waals surface area (Å²) in [6.07, 6.45) is 0. The van der Waals surface area contributed by atoms with Crippen LogP contribution in [0.5, 0.6) is 0 Å². The van der Waals surface area contributed by atoms with Crippen molar-refractivity contribution in [2.24, 2.45) is 10.7 Å². The van der Waals surface area contributed by atoms with Gasteiger partial charge in [-0.1, -0.05) is 0 Å². The molecule has 1 aliphatic rings. The molecule has 0 spiro atoms. The number of rotatable bonds is 3. The highest BCUT2D eigenvalue weighted by Gasteiger charge is 2.35. The summed E-state index contributed by atoms with van der Waals surface area (Å²) in [6, 6.07) is 0. The maximum atomic E-state index is 5.65. The lowest BCUT2D eigenvalue weighted by molar-refractivity contribution is 0.0617. The standard InChI is InChI=1S/C8H17N3O/c1-4-12-6-8(2)5-10-7(9)11(8)3/h4-6H2,1-3H3,(H2,9,10). The van der Waals surface area contributed by atoms with Crippen LogP contribution in [-0.4, -0.2) is 43.2 Å². The highest BCUT2D eigenvalue weighted by atomic mass is 16.5. The molecule has 1 unspecified atom stereocenters. The number of ether oxygens (including phenoxy) is 1. The van der Waals surface area contributed by atoms with E-state index < -0.39 is 0 Å². The molecule has 0 saturated carbocycles. The van der Waals surface area contributed by atoms with Gasteiger partial charge in [-0.3, -0.25) is 4.99 Å². The second-order valence-corrected chi connectivity index (χ2v) is 3.37. The molecule has 0 aromatic carbocycles. The summed E-state index contributed by atoms with van der Waals surface area (Å²) in [6.45, 7) is 6.25. The predicted octanol–water partition coefficient (Wildman–Crippen LogP) is 0.0417. The lowest BCUT2D eigenvalue weighted by Gasteiger charge is -2.32. The van der Waals surface area contributed by atoms with Crippen LogP contribution < -0.4 is 5.73 Å². The third-order valence-corrected chi connectivity index (χ3v) is 2.35. The van der Waals surface area contributed by atoms with E-state index in [2.05, 4.69) is 11.9 Å². The van der Waals surface area contributed by atoms with Crippen molar-refractivity contribution in [3.63, 3.8) is 0 Å². The molecule has 1 atom stereocenters. The molecule has 2 N–H and O–H groups in total. The molecular formula is C8H17N3O. The third-order valence-electron chi connectivity index (χ3n) is 2.35. The second-order valence-electron chi connectivity index (χ2n) is 3.37. The number of hydrogen-bond acceptors (Lipinski definition) is 4. The summed E-state index contributed by atoms with van der Waals surface area (Å²) in [7, 11) is 1.95. The topological polar surface area (TPSA) is 50.9 Å². The smallest absolute Gasteiger partial charge is 0.191 e.